The molecule has 0 aliphatic carbocycles. The second kappa shape index (κ2) is 8.50. The Morgan fingerprint density at radius 2 is 1.68 bits per heavy atom. The molecule has 140 valence electrons. The van der Waals surface area contributed by atoms with Crippen LogP contribution < -0.4 is 5.32 Å². The molecule has 0 aromatic carbocycles. The Kier molecular flexibility index (Phi) is 6.62. The number of nitrogens with one attached hydrogen (secondary N) is 1. The Morgan fingerprint density at radius 3 is 2.24 bits per heavy atom. The predicted octanol–water partition coefficient (Wildman–Crippen LogP) is 2.55. The Morgan fingerprint density at radius 1 is 1.08 bits per heavy atom. The maximum absolute atomic E-state index is 12.2. The molecule has 1 saturated heterocycles. The van der Waals surface area contributed by atoms with Gasteiger partial charge in [-0.05, 0) is 43.4 Å². The second-order valence-corrected chi connectivity index (χ2v) is 8.08. The van der Waals surface area contributed by atoms with Gasteiger partial charge in [-0.25, -0.2) is 4.79 Å². The fraction of sp³-hybridized carbons (Fsp3) is 0.737. The predicted molar refractivity (Wildman–Crippen MR) is 96.9 cm³/mol. The van der Waals surface area contributed by atoms with Gasteiger partial charge in [-0.15, -0.1) is 0 Å². The van der Waals surface area contributed by atoms with Crippen molar-refractivity contribution < 1.29 is 14.4 Å². The molecule has 0 aromatic rings. The van der Waals surface area contributed by atoms with E-state index in [4.69, 9.17) is 0 Å². The molecule has 2 aliphatic rings. The third-order valence-electron chi connectivity index (χ3n) is 5.24. The Balaban J connectivity index is 1.54. The van der Waals surface area contributed by atoms with E-state index in [-0.39, 0.29) is 17.8 Å². The number of urea groups is 1. The van der Waals surface area contributed by atoms with E-state index < -0.39 is 0 Å². The molecule has 25 heavy (non-hydrogen) atoms. The first kappa shape index (κ1) is 19.5. The average Bonchev–Trinajstić information content (AvgIpc) is 2.88. The van der Waals surface area contributed by atoms with Gasteiger partial charge in [0.05, 0.1) is 0 Å². The topological polar surface area (TPSA) is 69.7 Å². The van der Waals surface area contributed by atoms with Gasteiger partial charge in [-0.3, -0.25) is 14.5 Å². The molecule has 1 N–H and O–H groups in total. The molecule has 2 rings (SSSR count). The zero-order valence-corrected chi connectivity index (χ0v) is 15.7. The number of hydrogen-bond acceptors (Lipinski definition) is 3. The summed E-state index contributed by atoms with van der Waals surface area (Å²) in [6.45, 7) is 9.57. The number of imide groups is 1. The smallest absolute Gasteiger partial charge is 0.317 e. The van der Waals surface area contributed by atoms with Crippen molar-refractivity contribution in [2.24, 2.45) is 11.3 Å². The second-order valence-electron chi connectivity index (χ2n) is 8.08. The third kappa shape index (κ3) is 5.58. The third-order valence-corrected chi connectivity index (χ3v) is 5.24. The van der Waals surface area contributed by atoms with E-state index >= 15 is 0 Å². The van der Waals surface area contributed by atoms with E-state index in [1.807, 2.05) is 4.90 Å². The van der Waals surface area contributed by atoms with Crippen LogP contribution >= 0.6 is 0 Å². The molecule has 0 saturated carbocycles. The fourth-order valence-electron chi connectivity index (χ4n) is 3.48. The van der Waals surface area contributed by atoms with Crippen molar-refractivity contribution in [3.05, 3.63) is 12.2 Å². The van der Waals surface area contributed by atoms with Gasteiger partial charge >= 0.3 is 6.03 Å². The lowest BCUT2D eigenvalue weighted by Gasteiger charge is -2.38. The fourth-order valence-corrected chi connectivity index (χ4v) is 3.48. The summed E-state index contributed by atoms with van der Waals surface area (Å²) in [5.41, 5.74) is 0.316. The van der Waals surface area contributed by atoms with Crippen LogP contribution in [0.15, 0.2) is 12.2 Å². The zero-order chi connectivity index (χ0) is 18.4. The highest BCUT2D eigenvalue weighted by atomic mass is 16.2. The van der Waals surface area contributed by atoms with Crippen molar-refractivity contribution in [1.29, 1.82) is 0 Å². The van der Waals surface area contributed by atoms with Gasteiger partial charge in [-0.1, -0.05) is 20.8 Å². The van der Waals surface area contributed by atoms with Crippen molar-refractivity contribution in [2.45, 2.75) is 52.9 Å². The van der Waals surface area contributed by atoms with Crippen LogP contribution in [0.5, 0.6) is 0 Å². The molecule has 2 heterocycles. The first-order valence-electron chi connectivity index (χ1n) is 9.35. The summed E-state index contributed by atoms with van der Waals surface area (Å²) in [5.74, 6) is 0.232. The van der Waals surface area contributed by atoms with E-state index in [2.05, 4.69) is 26.1 Å². The van der Waals surface area contributed by atoms with Crippen molar-refractivity contribution >= 4 is 17.8 Å². The van der Waals surface area contributed by atoms with E-state index in [1.54, 1.807) is 0 Å². The van der Waals surface area contributed by atoms with Gasteiger partial charge in [0, 0.05) is 38.3 Å². The molecule has 0 atom stereocenters. The van der Waals surface area contributed by atoms with Crippen LogP contribution in [0.3, 0.4) is 0 Å². The van der Waals surface area contributed by atoms with Gasteiger partial charge in [0.25, 0.3) is 11.8 Å². The van der Waals surface area contributed by atoms with E-state index in [0.717, 1.165) is 45.2 Å². The molecule has 1 fully saturated rings. The molecule has 6 nitrogen and oxygen atoms in total. The quantitative estimate of drug-likeness (QED) is 0.592. The van der Waals surface area contributed by atoms with Gasteiger partial charge in [0.1, 0.15) is 0 Å². The summed E-state index contributed by atoms with van der Waals surface area (Å²) in [7, 11) is 0. The lowest BCUT2D eigenvalue weighted by molar-refractivity contribution is -0.136. The molecule has 0 radical (unpaired) electrons. The largest absolute Gasteiger partial charge is 0.338 e. The molecule has 4 amide bonds. The van der Waals surface area contributed by atoms with Crippen LogP contribution in [0.4, 0.5) is 4.79 Å². The van der Waals surface area contributed by atoms with Crippen molar-refractivity contribution in [2.75, 3.05) is 26.2 Å². The first-order valence-corrected chi connectivity index (χ1v) is 9.35. The summed E-state index contributed by atoms with van der Waals surface area (Å²) in [6, 6.07) is 0.0291. The standard InChI is InChI=1S/C19H31N3O3/c1-19(2,3)15-9-13-21(14-10-15)18(25)20-11-5-4-6-12-22-16(23)7-8-17(22)24/h7-8,15H,4-6,9-14H2,1-3H3,(H,20,25). The minimum Gasteiger partial charge on any atom is -0.338 e. The first-order chi connectivity index (χ1) is 11.8. The normalized spacial score (nSPS) is 19.0. The van der Waals surface area contributed by atoms with E-state index in [9.17, 15) is 14.4 Å². The lowest BCUT2D eigenvalue weighted by atomic mass is 9.75. The Labute approximate surface area is 150 Å². The number of likely N-dealkylation sites (tertiary alicyclic amines) is 1. The number of amides is 4. The minimum atomic E-state index is -0.225. The molecule has 6 heteroatoms. The maximum Gasteiger partial charge on any atom is 0.317 e. The molecule has 2 aliphatic heterocycles. The summed E-state index contributed by atoms with van der Waals surface area (Å²) in [6.07, 6.45) is 7.27. The van der Waals surface area contributed by atoms with Crippen LogP contribution in [0.25, 0.3) is 0 Å². The van der Waals surface area contributed by atoms with E-state index in [1.165, 1.54) is 17.1 Å². The number of carbonyl (C=O) groups excluding carboxylic acids is 3. The van der Waals surface area contributed by atoms with Crippen LogP contribution in [0.1, 0.15) is 52.9 Å². The number of piperidine rings is 1. The highest BCUT2D eigenvalue weighted by Crippen LogP contribution is 2.34. The van der Waals surface area contributed by atoms with Crippen LogP contribution in [-0.2, 0) is 9.59 Å². The van der Waals surface area contributed by atoms with E-state index in [0.29, 0.717) is 24.4 Å². The summed E-state index contributed by atoms with van der Waals surface area (Å²) in [5, 5.41) is 2.98. The zero-order valence-electron chi connectivity index (χ0n) is 15.7. The number of unbranched alkanes of at least 4 members (excludes halogenated alkanes) is 2. The van der Waals surface area contributed by atoms with Crippen molar-refractivity contribution in [3.63, 3.8) is 0 Å². The van der Waals surface area contributed by atoms with Crippen LogP contribution in [0, 0.1) is 11.3 Å². The van der Waals surface area contributed by atoms with Gasteiger partial charge in [0.15, 0.2) is 0 Å². The van der Waals surface area contributed by atoms with Gasteiger partial charge < -0.3 is 10.2 Å². The number of carbonyl (C=O) groups is 3. The molecule has 0 aromatic heterocycles. The lowest BCUT2D eigenvalue weighted by Crippen LogP contribution is -2.46. The van der Waals surface area contributed by atoms with Crippen molar-refractivity contribution in [3.8, 4) is 0 Å². The number of hydrogen-bond donors (Lipinski definition) is 1. The van der Waals surface area contributed by atoms with Gasteiger partial charge in [0.2, 0.25) is 0 Å². The van der Waals surface area contributed by atoms with Crippen LogP contribution in [-0.4, -0.2) is 53.8 Å². The Bertz CT molecular complexity index is 511. The maximum atomic E-state index is 12.2. The SMILES string of the molecule is CC(C)(C)C1CCN(C(=O)NCCCCCN2C(=O)C=CC2=O)CC1. The minimum absolute atomic E-state index is 0.0291. The summed E-state index contributed by atoms with van der Waals surface area (Å²) < 4.78 is 0. The molecule has 0 bridgehead atoms. The molecular weight excluding hydrogens is 318 g/mol. The average molecular weight is 349 g/mol. The van der Waals surface area contributed by atoms with Crippen LogP contribution in [0.2, 0.25) is 0 Å². The number of rotatable bonds is 6. The molecular formula is C19H31N3O3. The Hall–Kier alpha value is -1.85. The number of nitrogens with zero attached hydrogens (tertiary/aromatic N) is 2. The summed E-state index contributed by atoms with van der Waals surface area (Å²) >= 11 is 0. The molecule has 0 spiro atoms. The van der Waals surface area contributed by atoms with Gasteiger partial charge in [-0.2, -0.15) is 0 Å². The monoisotopic (exact) mass is 349 g/mol. The molecule has 0 unspecified atom stereocenters. The highest BCUT2D eigenvalue weighted by Gasteiger charge is 2.30. The highest BCUT2D eigenvalue weighted by molar-refractivity contribution is 6.12. The van der Waals surface area contributed by atoms with Crippen molar-refractivity contribution in [1.82, 2.24) is 15.1 Å². The summed E-state index contributed by atoms with van der Waals surface area (Å²) in [4.78, 5) is 38.2.